The molecular weight excluding hydrogens is 160 g/mol. The molecule has 1 atom stereocenters. The van der Waals surface area contributed by atoms with Crippen LogP contribution in [0.2, 0.25) is 0 Å². The first-order valence-electron chi connectivity index (χ1n) is 5.38. The van der Waals surface area contributed by atoms with Crippen molar-refractivity contribution in [1.82, 2.24) is 4.90 Å². The van der Waals surface area contributed by atoms with Crippen LogP contribution in [0.4, 0.5) is 0 Å². The van der Waals surface area contributed by atoms with E-state index in [1.807, 2.05) is 0 Å². The maximum absolute atomic E-state index is 5.55. The SMILES string of the molecule is C=C(CN)CN1CCCCC1CC. The lowest BCUT2D eigenvalue weighted by Crippen LogP contribution is -2.40. The molecule has 0 saturated carbocycles. The largest absolute Gasteiger partial charge is 0.327 e. The third kappa shape index (κ3) is 3.12. The molecule has 0 aromatic heterocycles. The van der Waals surface area contributed by atoms with Crippen LogP contribution in [-0.2, 0) is 0 Å². The van der Waals surface area contributed by atoms with Gasteiger partial charge in [-0.05, 0) is 31.4 Å². The Morgan fingerprint density at radius 1 is 1.54 bits per heavy atom. The summed E-state index contributed by atoms with van der Waals surface area (Å²) in [6, 6.07) is 0.775. The van der Waals surface area contributed by atoms with Gasteiger partial charge < -0.3 is 5.73 Å². The molecule has 0 aliphatic carbocycles. The van der Waals surface area contributed by atoms with Crippen molar-refractivity contribution < 1.29 is 0 Å². The zero-order valence-electron chi connectivity index (χ0n) is 8.76. The van der Waals surface area contributed by atoms with Gasteiger partial charge in [-0.1, -0.05) is 19.9 Å². The van der Waals surface area contributed by atoms with Gasteiger partial charge in [0.1, 0.15) is 0 Å². The number of hydrogen-bond acceptors (Lipinski definition) is 2. The maximum Gasteiger partial charge on any atom is 0.0205 e. The van der Waals surface area contributed by atoms with Crippen LogP contribution in [-0.4, -0.2) is 30.6 Å². The minimum absolute atomic E-state index is 0.632. The zero-order valence-corrected chi connectivity index (χ0v) is 8.76. The van der Waals surface area contributed by atoms with Crippen molar-refractivity contribution in [1.29, 1.82) is 0 Å². The summed E-state index contributed by atoms with van der Waals surface area (Å²) in [5, 5.41) is 0. The summed E-state index contributed by atoms with van der Waals surface area (Å²) < 4.78 is 0. The minimum atomic E-state index is 0.632. The van der Waals surface area contributed by atoms with E-state index < -0.39 is 0 Å². The van der Waals surface area contributed by atoms with E-state index in [0.29, 0.717) is 6.54 Å². The number of rotatable bonds is 4. The predicted octanol–water partition coefficient (Wildman–Crippen LogP) is 1.77. The van der Waals surface area contributed by atoms with Crippen molar-refractivity contribution >= 4 is 0 Å². The van der Waals surface area contributed by atoms with Crippen molar-refractivity contribution in [2.45, 2.75) is 38.6 Å². The van der Waals surface area contributed by atoms with E-state index in [9.17, 15) is 0 Å². The molecule has 0 radical (unpaired) electrons. The van der Waals surface area contributed by atoms with Gasteiger partial charge in [0.25, 0.3) is 0 Å². The van der Waals surface area contributed by atoms with Crippen molar-refractivity contribution in [2.75, 3.05) is 19.6 Å². The third-order valence-electron chi connectivity index (χ3n) is 2.94. The van der Waals surface area contributed by atoms with Crippen LogP contribution in [0.25, 0.3) is 0 Å². The van der Waals surface area contributed by atoms with Gasteiger partial charge >= 0.3 is 0 Å². The molecule has 0 aromatic rings. The molecule has 2 heteroatoms. The smallest absolute Gasteiger partial charge is 0.0205 e. The van der Waals surface area contributed by atoms with Crippen molar-refractivity contribution in [3.63, 3.8) is 0 Å². The minimum Gasteiger partial charge on any atom is -0.327 e. The normalized spacial score (nSPS) is 24.6. The van der Waals surface area contributed by atoms with Gasteiger partial charge in [-0.15, -0.1) is 0 Å². The van der Waals surface area contributed by atoms with E-state index in [-0.39, 0.29) is 0 Å². The molecule has 1 unspecified atom stereocenters. The fourth-order valence-electron chi connectivity index (χ4n) is 2.08. The average molecular weight is 182 g/mol. The molecule has 2 N–H and O–H groups in total. The number of nitrogens with zero attached hydrogens (tertiary/aromatic N) is 1. The summed E-state index contributed by atoms with van der Waals surface area (Å²) in [6.07, 6.45) is 5.35. The van der Waals surface area contributed by atoms with Gasteiger partial charge in [0, 0.05) is 19.1 Å². The summed E-state index contributed by atoms with van der Waals surface area (Å²) in [7, 11) is 0. The molecule has 1 rings (SSSR count). The van der Waals surface area contributed by atoms with E-state index in [0.717, 1.165) is 12.6 Å². The summed E-state index contributed by atoms with van der Waals surface area (Å²) in [6.45, 7) is 9.12. The van der Waals surface area contributed by atoms with E-state index >= 15 is 0 Å². The fraction of sp³-hybridized carbons (Fsp3) is 0.818. The van der Waals surface area contributed by atoms with Crippen LogP contribution < -0.4 is 5.73 Å². The Morgan fingerprint density at radius 3 is 2.92 bits per heavy atom. The predicted molar refractivity (Wildman–Crippen MR) is 57.7 cm³/mol. The second kappa shape index (κ2) is 5.40. The van der Waals surface area contributed by atoms with Crippen LogP contribution in [0.5, 0.6) is 0 Å². The van der Waals surface area contributed by atoms with Gasteiger partial charge in [0.2, 0.25) is 0 Å². The van der Waals surface area contributed by atoms with Gasteiger partial charge in [0.05, 0.1) is 0 Å². The average Bonchev–Trinajstić information content (AvgIpc) is 2.18. The molecule has 76 valence electrons. The van der Waals surface area contributed by atoms with Gasteiger partial charge in [-0.2, -0.15) is 0 Å². The number of nitrogens with two attached hydrogens (primary N) is 1. The molecule has 0 aromatic carbocycles. The van der Waals surface area contributed by atoms with E-state index in [4.69, 9.17) is 5.73 Å². The Hall–Kier alpha value is -0.340. The molecule has 1 saturated heterocycles. The Bertz CT molecular complexity index is 165. The number of piperidine rings is 1. The fourth-order valence-corrected chi connectivity index (χ4v) is 2.08. The van der Waals surface area contributed by atoms with E-state index in [1.54, 1.807) is 0 Å². The standard InChI is InChI=1S/C11H22N2/c1-3-11-6-4-5-7-13(11)9-10(2)8-12/h11H,2-9,12H2,1H3. The van der Waals surface area contributed by atoms with Gasteiger partial charge in [0.15, 0.2) is 0 Å². The summed E-state index contributed by atoms with van der Waals surface area (Å²) in [5.74, 6) is 0. The molecule has 2 nitrogen and oxygen atoms in total. The Morgan fingerprint density at radius 2 is 2.31 bits per heavy atom. The van der Waals surface area contributed by atoms with Gasteiger partial charge in [-0.3, -0.25) is 4.90 Å². The monoisotopic (exact) mass is 182 g/mol. The topological polar surface area (TPSA) is 29.3 Å². The van der Waals surface area contributed by atoms with Crippen molar-refractivity contribution in [3.05, 3.63) is 12.2 Å². The molecule has 1 aliphatic rings. The lowest BCUT2D eigenvalue weighted by Gasteiger charge is -2.35. The van der Waals surface area contributed by atoms with Crippen LogP contribution in [0.1, 0.15) is 32.6 Å². The quantitative estimate of drug-likeness (QED) is 0.671. The summed E-state index contributed by atoms with van der Waals surface area (Å²) >= 11 is 0. The lowest BCUT2D eigenvalue weighted by atomic mass is 9.99. The van der Waals surface area contributed by atoms with E-state index in [2.05, 4.69) is 18.4 Å². The summed E-state index contributed by atoms with van der Waals surface area (Å²) in [5.41, 5.74) is 6.72. The van der Waals surface area contributed by atoms with Crippen LogP contribution >= 0.6 is 0 Å². The van der Waals surface area contributed by atoms with E-state index in [1.165, 1.54) is 37.8 Å². The number of likely N-dealkylation sites (tertiary alicyclic amines) is 1. The van der Waals surface area contributed by atoms with Crippen molar-refractivity contribution in [3.8, 4) is 0 Å². The molecule has 0 bridgehead atoms. The molecule has 13 heavy (non-hydrogen) atoms. The van der Waals surface area contributed by atoms with Crippen molar-refractivity contribution in [2.24, 2.45) is 5.73 Å². The Balaban J connectivity index is 2.40. The maximum atomic E-state index is 5.55. The highest BCUT2D eigenvalue weighted by Gasteiger charge is 2.20. The molecule has 1 aliphatic heterocycles. The van der Waals surface area contributed by atoms with Crippen LogP contribution in [0.3, 0.4) is 0 Å². The van der Waals surface area contributed by atoms with Crippen LogP contribution in [0.15, 0.2) is 12.2 Å². The molecule has 1 heterocycles. The lowest BCUT2D eigenvalue weighted by molar-refractivity contribution is 0.157. The molecule has 0 amide bonds. The first kappa shape index (κ1) is 10.7. The highest BCUT2D eigenvalue weighted by molar-refractivity contribution is 5.00. The summed E-state index contributed by atoms with van der Waals surface area (Å²) in [4.78, 5) is 2.54. The highest BCUT2D eigenvalue weighted by atomic mass is 15.2. The highest BCUT2D eigenvalue weighted by Crippen LogP contribution is 2.19. The first-order chi connectivity index (χ1) is 6.27. The second-order valence-corrected chi connectivity index (χ2v) is 3.98. The Kier molecular flexibility index (Phi) is 4.46. The Labute approximate surface area is 81.8 Å². The second-order valence-electron chi connectivity index (χ2n) is 3.98. The van der Waals surface area contributed by atoms with Crippen LogP contribution in [0, 0.1) is 0 Å². The molecule has 1 fully saturated rings. The zero-order chi connectivity index (χ0) is 9.68. The first-order valence-corrected chi connectivity index (χ1v) is 5.38. The van der Waals surface area contributed by atoms with Gasteiger partial charge in [-0.25, -0.2) is 0 Å². The molecule has 0 spiro atoms. The molecular formula is C11H22N2. The third-order valence-corrected chi connectivity index (χ3v) is 2.94. The number of hydrogen-bond donors (Lipinski definition) is 1.